The maximum absolute atomic E-state index is 12.1. The van der Waals surface area contributed by atoms with Crippen LogP contribution in [-0.2, 0) is 11.2 Å². The van der Waals surface area contributed by atoms with E-state index in [-0.39, 0.29) is 10.3 Å². The van der Waals surface area contributed by atoms with Crippen molar-refractivity contribution in [2.45, 2.75) is 39.8 Å². The smallest absolute Gasteiger partial charge is 0.293 e. The van der Waals surface area contributed by atoms with Crippen LogP contribution in [0.5, 0.6) is 0 Å². The molecule has 0 saturated carbocycles. The summed E-state index contributed by atoms with van der Waals surface area (Å²) in [5.74, 6) is -2.77. The molecule has 0 saturated heterocycles. The van der Waals surface area contributed by atoms with Crippen molar-refractivity contribution in [2.24, 2.45) is 5.41 Å². The Morgan fingerprint density at radius 1 is 1.21 bits per heavy atom. The van der Waals surface area contributed by atoms with Gasteiger partial charge in [0.15, 0.2) is 5.78 Å². The Labute approximate surface area is 113 Å². The highest BCUT2D eigenvalue weighted by molar-refractivity contribution is 7.12. The molecule has 6 heteroatoms. The van der Waals surface area contributed by atoms with Crippen molar-refractivity contribution in [3.63, 3.8) is 0 Å². The average Bonchev–Trinajstić information content (AvgIpc) is 2.61. The van der Waals surface area contributed by atoms with Crippen molar-refractivity contribution >= 4 is 22.9 Å². The van der Waals surface area contributed by atoms with E-state index in [9.17, 15) is 22.8 Å². The molecule has 1 aromatic heterocycles. The second-order valence-corrected chi connectivity index (χ2v) is 6.49. The quantitative estimate of drug-likeness (QED) is 0.620. The Balaban J connectivity index is 2.72. The van der Waals surface area contributed by atoms with Gasteiger partial charge in [0.25, 0.3) is 0 Å². The van der Waals surface area contributed by atoms with Gasteiger partial charge in [-0.15, -0.1) is 11.3 Å². The third-order valence-electron chi connectivity index (χ3n) is 2.30. The van der Waals surface area contributed by atoms with Crippen LogP contribution in [0.1, 0.15) is 42.4 Å². The zero-order valence-corrected chi connectivity index (χ0v) is 11.7. The number of alkyl halides is 3. The SMILES string of the molecule is CC(C)(C)Cc1csc(C(=O)CC(=O)C(F)(F)F)c1. The molecule has 0 bridgehead atoms. The number of carbonyl (C=O) groups excluding carboxylic acids is 2. The molecule has 0 N–H and O–H groups in total. The van der Waals surface area contributed by atoms with E-state index in [2.05, 4.69) is 0 Å². The van der Waals surface area contributed by atoms with Crippen LogP contribution in [0.15, 0.2) is 11.4 Å². The molecule has 0 unspecified atom stereocenters. The summed E-state index contributed by atoms with van der Waals surface area (Å²) in [4.78, 5) is 22.5. The summed E-state index contributed by atoms with van der Waals surface area (Å²) < 4.78 is 36.2. The molecule has 0 amide bonds. The minimum Gasteiger partial charge on any atom is -0.293 e. The maximum atomic E-state index is 12.1. The lowest BCUT2D eigenvalue weighted by molar-refractivity contribution is -0.170. The molecule has 19 heavy (non-hydrogen) atoms. The number of ketones is 2. The molecule has 0 fully saturated rings. The molecule has 0 aliphatic heterocycles. The van der Waals surface area contributed by atoms with Crippen molar-refractivity contribution in [1.29, 1.82) is 0 Å². The fourth-order valence-electron chi connectivity index (χ4n) is 1.56. The van der Waals surface area contributed by atoms with E-state index in [0.717, 1.165) is 23.3 Å². The van der Waals surface area contributed by atoms with Gasteiger partial charge < -0.3 is 0 Å². The molecule has 2 nitrogen and oxygen atoms in total. The first-order valence-electron chi connectivity index (χ1n) is 5.70. The summed E-state index contributed by atoms with van der Waals surface area (Å²) >= 11 is 1.08. The van der Waals surface area contributed by atoms with Crippen LogP contribution in [0.4, 0.5) is 13.2 Å². The van der Waals surface area contributed by atoms with Gasteiger partial charge in [-0.05, 0) is 28.8 Å². The fraction of sp³-hybridized carbons (Fsp3) is 0.538. The summed E-state index contributed by atoms with van der Waals surface area (Å²) in [6.45, 7) is 6.08. The lowest BCUT2D eigenvalue weighted by Gasteiger charge is -2.16. The summed E-state index contributed by atoms with van der Waals surface area (Å²) in [7, 11) is 0. The Morgan fingerprint density at radius 2 is 1.79 bits per heavy atom. The minimum absolute atomic E-state index is 0.0309. The third-order valence-corrected chi connectivity index (χ3v) is 3.32. The topological polar surface area (TPSA) is 34.1 Å². The fourth-order valence-corrected chi connectivity index (χ4v) is 2.41. The molecule has 0 radical (unpaired) electrons. The molecule has 0 spiro atoms. The summed E-state index contributed by atoms with van der Waals surface area (Å²) in [6, 6.07) is 1.57. The highest BCUT2D eigenvalue weighted by Crippen LogP contribution is 2.26. The molecular formula is C13H15F3O2S. The summed E-state index contributed by atoms with van der Waals surface area (Å²) in [6.07, 6.45) is -5.33. The number of rotatable bonds is 4. The predicted molar refractivity (Wildman–Crippen MR) is 67.5 cm³/mol. The normalized spacial score (nSPS) is 12.5. The molecule has 1 aromatic rings. The third kappa shape index (κ3) is 5.14. The van der Waals surface area contributed by atoms with Crippen LogP contribution < -0.4 is 0 Å². The first-order valence-corrected chi connectivity index (χ1v) is 6.57. The molecule has 0 atom stereocenters. The first-order chi connectivity index (χ1) is 8.49. The number of Topliss-reactive ketones (excluding diaryl/α,β-unsaturated/α-hetero) is 2. The van der Waals surface area contributed by atoms with Crippen LogP contribution in [0.25, 0.3) is 0 Å². The van der Waals surface area contributed by atoms with Crippen LogP contribution >= 0.6 is 11.3 Å². The number of hydrogen-bond acceptors (Lipinski definition) is 3. The Bertz CT molecular complexity index is 481. The van der Waals surface area contributed by atoms with Crippen molar-refractivity contribution in [3.8, 4) is 0 Å². The molecule has 0 aliphatic rings. The van der Waals surface area contributed by atoms with Crippen molar-refractivity contribution in [3.05, 3.63) is 21.9 Å². The molecule has 0 aliphatic carbocycles. The number of hydrogen-bond donors (Lipinski definition) is 0. The van der Waals surface area contributed by atoms with Gasteiger partial charge in [0.1, 0.15) is 0 Å². The van der Waals surface area contributed by atoms with Crippen molar-refractivity contribution in [1.82, 2.24) is 0 Å². The summed E-state index contributed by atoms with van der Waals surface area (Å²) in [5.41, 5.74) is 0.934. The maximum Gasteiger partial charge on any atom is 0.450 e. The van der Waals surface area contributed by atoms with Gasteiger partial charge in [-0.3, -0.25) is 9.59 Å². The lowest BCUT2D eigenvalue weighted by Crippen LogP contribution is -2.25. The first kappa shape index (κ1) is 15.9. The van der Waals surface area contributed by atoms with Gasteiger partial charge in [0.05, 0.1) is 11.3 Å². The van der Waals surface area contributed by atoms with E-state index >= 15 is 0 Å². The average molecular weight is 292 g/mol. The molecule has 1 rings (SSSR count). The van der Waals surface area contributed by atoms with Gasteiger partial charge in [0, 0.05) is 0 Å². The highest BCUT2D eigenvalue weighted by Gasteiger charge is 2.39. The Hall–Kier alpha value is -1.17. The predicted octanol–water partition coefficient (Wildman–Crippen LogP) is 4.04. The van der Waals surface area contributed by atoms with Gasteiger partial charge in [-0.1, -0.05) is 20.8 Å². The van der Waals surface area contributed by atoms with Crippen LogP contribution in [0, 0.1) is 5.41 Å². The van der Waals surface area contributed by atoms with E-state index in [0.29, 0.717) is 0 Å². The monoisotopic (exact) mass is 292 g/mol. The zero-order chi connectivity index (χ0) is 14.8. The van der Waals surface area contributed by atoms with E-state index < -0.39 is 24.2 Å². The van der Waals surface area contributed by atoms with Gasteiger partial charge in [-0.2, -0.15) is 13.2 Å². The van der Waals surface area contributed by atoms with Gasteiger partial charge in [-0.25, -0.2) is 0 Å². The summed E-state index contributed by atoms with van der Waals surface area (Å²) in [5, 5.41) is 1.75. The number of carbonyl (C=O) groups is 2. The Morgan fingerprint density at radius 3 is 2.26 bits per heavy atom. The van der Waals surface area contributed by atoms with Crippen LogP contribution in [0.3, 0.4) is 0 Å². The standard InChI is InChI=1S/C13H15F3O2S/c1-12(2,3)6-8-4-10(19-7-8)9(17)5-11(18)13(14,15)16/h4,7H,5-6H2,1-3H3. The van der Waals surface area contributed by atoms with Gasteiger partial charge >= 0.3 is 6.18 Å². The largest absolute Gasteiger partial charge is 0.450 e. The number of thiophene rings is 1. The molecule has 0 aromatic carbocycles. The Kier molecular flexibility index (Phi) is 4.55. The highest BCUT2D eigenvalue weighted by atomic mass is 32.1. The van der Waals surface area contributed by atoms with Crippen molar-refractivity contribution in [2.75, 3.05) is 0 Å². The van der Waals surface area contributed by atoms with Crippen LogP contribution in [0.2, 0.25) is 0 Å². The molecular weight excluding hydrogens is 277 g/mol. The lowest BCUT2D eigenvalue weighted by atomic mass is 9.89. The second-order valence-electron chi connectivity index (χ2n) is 5.58. The van der Waals surface area contributed by atoms with Crippen LogP contribution in [-0.4, -0.2) is 17.7 Å². The van der Waals surface area contributed by atoms with E-state index in [1.807, 2.05) is 20.8 Å². The second kappa shape index (κ2) is 5.45. The van der Waals surface area contributed by atoms with E-state index in [1.54, 1.807) is 11.4 Å². The zero-order valence-electron chi connectivity index (χ0n) is 10.9. The minimum atomic E-state index is -4.94. The molecule has 1 heterocycles. The van der Waals surface area contributed by atoms with Crippen molar-refractivity contribution < 1.29 is 22.8 Å². The number of halogens is 3. The van der Waals surface area contributed by atoms with Gasteiger partial charge in [0.2, 0.25) is 5.78 Å². The van der Waals surface area contributed by atoms with E-state index in [1.165, 1.54) is 0 Å². The van der Waals surface area contributed by atoms with E-state index in [4.69, 9.17) is 0 Å². The molecule has 106 valence electrons.